The summed E-state index contributed by atoms with van der Waals surface area (Å²) in [5.74, 6) is 0.813. The third kappa shape index (κ3) is 4.68. The van der Waals surface area contributed by atoms with Gasteiger partial charge in [0.05, 0.1) is 25.2 Å². The van der Waals surface area contributed by atoms with Crippen molar-refractivity contribution in [3.05, 3.63) is 75.1 Å². The number of rotatable bonds is 6. The largest absolute Gasteiger partial charge is 0.493 e. The lowest BCUT2D eigenvalue weighted by molar-refractivity contribution is 0.0917. The molecule has 4 aromatic rings. The summed E-state index contributed by atoms with van der Waals surface area (Å²) < 4.78 is 13.9. The van der Waals surface area contributed by atoms with E-state index >= 15 is 0 Å². The minimum absolute atomic E-state index is 0.00504. The topological polar surface area (TPSA) is 111 Å². The molecule has 0 radical (unpaired) electrons. The lowest BCUT2D eigenvalue weighted by Crippen LogP contribution is -2.43. The fraction of sp³-hybridized carbons (Fsp3) is 0.333. The molecule has 36 heavy (non-hydrogen) atoms. The van der Waals surface area contributed by atoms with E-state index in [9.17, 15) is 9.59 Å². The standard InChI is InChI=1S/C27H31N5O4/c1-16-8-7-12-32-23(16)29-24-19(26(32)34)15-18(25(33)30-27(2,3)4)22(28)31(24)13-11-17-9-10-20(35-5)21(14-17)36-6/h7-10,12,14-15,28H,11,13H2,1-6H3,(H,30,33). The molecule has 0 fully saturated rings. The zero-order valence-electron chi connectivity index (χ0n) is 21.4. The number of carbonyl (C=O) groups is 1. The number of nitrogens with zero attached hydrogens (tertiary/aromatic N) is 3. The van der Waals surface area contributed by atoms with Gasteiger partial charge in [0.15, 0.2) is 11.5 Å². The van der Waals surface area contributed by atoms with E-state index in [2.05, 4.69) is 5.32 Å². The molecule has 0 atom stereocenters. The van der Waals surface area contributed by atoms with Crippen LogP contribution in [0.1, 0.15) is 42.3 Å². The van der Waals surface area contributed by atoms with Gasteiger partial charge in [-0.25, -0.2) is 4.98 Å². The number of hydrogen-bond acceptors (Lipinski definition) is 6. The highest BCUT2D eigenvalue weighted by molar-refractivity contribution is 5.97. The van der Waals surface area contributed by atoms with Crippen molar-refractivity contribution in [1.29, 1.82) is 5.41 Å². The molecule has 188 valence electrons. The Morgan fingerprint density at radius 3 is 2.47 bits per heavy atom. The quantitative estimate of drug-likeness (QED) is 0.404. The molecule has 9 nitrogen and oxygen atoms in total. The molecule has 1 aromatic carbocycles. The van der Waals surface area contributed by atoms with Gasteiger partial charge >= 0.3 is 0 Å². The highest BCUT2D eigenvalue weighted by atomic mass is 16.5. The minimum Gasteiger partial charge on any atom is -0.493 e. The molecule has 2 N–H and O–H groups in total. The van der Waals surface area contributed by atoms with Crippen molar-refractivity contribution in [2.75, 3.05) is 14.2 Å². The molecule has 4 rings (SSSR count). The molecular formula is C27H31N5O4. The van der Waals surface area contributed by atoms with Gasteiger partial charge in [0, 0.05) is 18.3 Å². The van der Waals surface area contributed by atoms with Crippen LogP contribution in [0.3, 0.4) is 0 Å². The van der Waals surface area contributed by atoms with Gasteiger partial charge in [-0.2, -0.15) is 0 Å². The van der Waals surface area contributed by atoms with Gasteiger partial charge in [-0.3, -0.25) is 19.4 Å². The second-order valence-electron chi connectivity index (χ2n) is 9.74. The first-order chi connectivity index (χ1) is 17.0. The van der Waals surface area contributed by atoms with Crippen LogP contribution in [0.15, 0.2) is 47.4 Å². The van der Waals surface area contributed by atoms with Gasteiger partial charge in [0.25, 0.3) is 11.5 Å². The summed E-state index contributed by atoms with van der Waals surface area (Å²) in [6.45, 7) is 7.82. The first kappa shape index (κ1) is 25.0. The lowest BCUT2D eigenvalue weighted by Gasteiger charge is -2.21. The molecule has 9 heteroatoms. The summed E-state index contributed by atoms with van der Waals surface area (Å²) in [6.07, 6.45) is 2.18. The number of nitrogens with one attached hydrogen (secondary N) is 2. The Balaban J connectivity index is 1.91. The molecule has 0 unspecified atom stereocenters. The third-order valence-electron chi connectivity index (χ3n) is 5.94. The molecule has 0 aliphatic heterocycles. The van der Waals surface area contributed by atoms with Crippen LogP contribution < -0.4 is 25.8 Å². The fourth-order valence-corrected chi connectivity index (χ4v) is 4.17. The second-order valence-corrected chi connectivity index (χ2v) is 9.74. The highest BCUT2D eigenvalue weighted by Gasteiger charge is 2.21. The average Bonchev–Trinajstić information content (AvgIpc) is 2.82. The monoisotopic (exact) mass is 489 g/mol. The normalized spacial score (nSPS) is 11.6. The molecule has 0 saturated carbocycles. The number of pyridine rings is 2. The summed E-state index contributed by atoms with van der Waals surface area (Å²) >= 11 is 0. The van der Waals surface area contributed by atoms with E-state index in [0.29, 0.717) is 35.8 Å². The predicted octanol–water partition coefficient (Wildman–Crippen LogP) is 3.23. The Bertz CT molecular complexity index is 1590. The molecule has 1 amide bonds. The van der Waals surface area contributed by atoms with Crippen molar-refractivity contribution < 1.29 is 14.3 Å². The van der Waals surface area contributed by atoms with E-state index in [1.807, 2.05) is 52.0 Å². The van der Waals surface area contributed by atoms with Crippen molar-refractivity contribution in [2.45, 2.75) is 46.2 Å². The number of hydrogen-bond donors (Lipinski definition) is 2. The van der Waals surface area contributed by atoms with Gasteiger partial charge < -0.3 is 19.4 Å². The van der Waals surface area contributed by atoms with Crippen molar-refractivity contribution >= 4 is 22.6 Å². The number of carbonyl (C=O) groups excluding carboxylic acids is 1. The van der Waals surface area contributed by atoms with Crippen molar-refractivity contribution in [3.8, 4) is 11.5 Å². The van der Waals surface area contributed by atoms with Crippen LogP contribution >= 0.6 is 0 Å². The predicted molar refractivity (Wildman–Crippen MR) is 138 cm³/mol. The molecule has 0 spiro atoms. The number of aromatic nitrogens is 3. The molecular weight excluding hydrogens is 458 g/mol. The van der Waals surface area contributed by atoms with Crippen LogP contribution in [0, 0.1) is 12.3 Å². The summed E-state index contributed by atoms with van der Waals surface area (Å²) in [5, 5.41) is 12.1. The maximum atomic E-state index is 13.5. The first-order valence-corrected chi connectivity index (χ1v) is 11.7. The van der Waals surface area contributed by atoms with Crippen LogP contribution in [-0.4, -0.2) is 39.6 Å². The van der Waals surface area contributed by atoms with Crippen LogP contribution in [-0.2, 0) is 13.0 Å². The molecule has 3 heterocycles. The molecule has 0 aliphatic carbocycles. The van der Waals surface area contributed by atoms with Gasteiger partial charge in [-0.1, -0.05) is 12.1 Å². The highest BCUT2D eigenvalue weighted by Crippen LogP contribution is 2.28. The van der Waals surface area contributed by atoms with Gasteiger partial charge in [0.1, 0.15) is 16.8 Å². The van der Waals surface area contributed by atoms with Crippen molar-refractivity contribution in [1.82, 2.24) is 19.3 Å². The number of aryl methyl sites for hydroxylation is 3. The first-order valence-electron chi connectivity index (χ1n) is 11.7. The number of benzene rings is 1. The Kier molecular flexibility index (Phi) is 6.58. The average molecular weight is 490 g/mol. The summed E-state index contributed by atoms with van der Waals surface area (Å²) in [5.41, 5.74) is 1.99. The van der Waals surface area contributed by atoms with Gasteiger partial charge in [0.2, 0.25) is 0 Å². The zero-order valence-corrected chi connectivity index (χ0v) is 21.4. The summed E-state index contributed by atoms with van der Waals surface area (Å²) in [6, 6.07) is 10.8. The van der Waals surface area contributed by atoms with Gasteiger partial charge in [-0.15, -0.1) is 0 Å². The third-order valence-corrected chi connectivity index (χ3v) is 5.94. The molecule has 3 aromatic heterocycles. The Hall–Kier alpha value is -4.14. The minimum atomic E-state index is -0.503. The molecule has 0 bridgehead atoms. The number of ether oxygens (including phenoxy) is 2. The zero-order chi connectivity index (χ0) is 26.2. The van der Waals surface area contributed by atoms with E-state index in [1.165, 1.54) is 10.5 Å². The van der Waals surface area contributed by atoms with E-state index < -0.39 is 11.4 Å². The van der Waals surface area contributed by atoms with Crippen LogP contribution in [0.4, 0.5) is 0 Å². The van der Waals surface area contributed by atoms with Crippen molar-refractivity contribution in [2.24, 2.45) is 0 Å². The van der Waals surface area contributed by atoms with E-state index in [4.69, 9.17) is 19.9 Å². The Morgan fingerprint density at radius 1 is 1.08 bits per heavy atom. The van der Waals surface area contributed by atoms with E-state index in [-0.39, 0.29) is 22.0 Å². The summed E-state index contributed by atoms with van der Waals surface area (Å²) in [4.78, 5) is 31.4. The molecule has 0 saturated heterocycles. The number of amides is 1. The van der Waals surface area contributed by atoms with Gasteiger partial charge in [-0.05, 0) is 69.5 Å². The van der Waals surface area contributed by atoms with E-state index in [1.54, 1.807) is 31.0 Å². The maximum Gasteiger partial charge on any atom is 0.267 e. The van der Waals surface area contributed by atoms with Crippen LogP contribution in [0.2, 0.25) is 0 Å². The maximum absolute atomic E-state index is 13.5. The van der Waals surface area contributed by atoms with Crippen molar-refractivity contribution in [3.63, 3.8) is 0 Å². The Morgan fingerprint density at radius 2 is 1.81 bits per heavy atom. The number of methoxy groups -OCH3 is 2. The molecule has 0 aliphatic rings. The Labute approximate surface area is 208 Å². The summed E-state index contributed by atoms with van der Waals surface area (Å²) in [7, 11) is 3.16. The fourth-order valence-electron chi connectivity index (χ4n) is 4.17. The lowest BCUT2D eigenvalue weighted by atomic mass is 10.1. The SMILES string of the molecule is COc1ccc(CCn2c(=N)c(C(=O)NC(C)(C)C)cc3c(=O)n4cccc(C)c4nc32)cc1OC. The van der Waals surface area contributed by atoms with Crippen LogP contribution in [0.25, 0.3) is 16.7 Å². The second kappa shape index (κ2) is 9.49. The smallest absolute Gasteiger partial charge is 0.267 e. The number of fused-ring (bicyclic) bond motifs is 2. The van der Waals surface area contributed by atoms with E-state index in [0.717, 1.165) is 11.1 Å². The van der Waals surface area contributed by atoms with Crippen LogP contribution in [0.5, 0.6) is 11.5 Å².